The van der Waals surface area contributed by atoms with Crippen LogP contribution in [0.25, 0.3) is 22.8 Å². The number of aromatic hydroxyl groups is 1. The maximum atomic E-state index is 9.57. The number of aryl methyl sites for hydroxylation is 2. The SMILES string of the molecule is Oc1cccc(-c2nc3n(n2)CCc2ccccc2-3)c1. The lowest BCUT2D eigenvalue weighted by Gasteiger charge is -2.15. The summed E-state index contributed by atoms with van der Waals surface area (Å²) >= 11 is 0. The molecule has 1 aliphatic heterocycles. The molecule has 4 nitrogen and oxygen atoms in total. The van der Waals surface area contributed by atoms with E-state index in [4.69, 9.17) is 0 Å². The van der Waals surface area contributed by atoms with Crippen molar-refractivity contribution in [3.05, 3.63) is 54.1 Å². The smallest absolute Gasteiger partial charge is 0.181 e. The molecule has 0 spiro atoms. The molecule has 0 saturated carbocycles. The minimum Gasteiger partial charge on any atom is -0.508 e. The van der Waals surface area contributed by atoms with Gasteiger partial charge in [0.25, 0.3) is 0 Å². The predicted octanol–water partition coefficient (Wildman–Crippen LogP) is 2.87. The van der Waals surface area contributed by atoms with Crippen LogP contribution in [0.4, 0.5) is 0 Å². The van der Waals surface area contributed by atoms with Crippen LogP contribution >= 0.6 is 0 Å². The summed E-state index contributed by atoms with van der Waals surface area (Å²) in [6.07, 6.45) is 0.978. The van der Waals surface area contributed by atoms with Gasteiger partial charge in [-0.15, -0.1) is 0 Å². The number of fused-ring (bicyclic) bond motifs is 3. The largest absolute Gasteiger partial charge is 0.508 e. The van der Waals surface area contributed by atoms with E-state index < -0.39 is 0 Å². The number of nitrogens with zero attached hydrogens (tertiary/aromatic N) is 3. The molecular formula is C16H13N3O. The molecule has 1 N–H and O–H groups in total. The molecule has 0 bridgehead atoms. The third kappa shape index (κ3) is 1.69. The van der Waals surface area contributed by atoms with Gasteiger partial charge in [-0.2, -0.15) is 5.10 Å². The quantitative estimate of drug-likeness (QED) is 0.734. The van der Waals surface area contributed by atoms with Crippen LogP contribution in [-0.4, -0.2) is 19.9 Å². The zero-order chi connectivity index (χ0) is 13.5. The van der Waals surface area contributed by atoms with Crippen LogP contribution in [0.5, 0.6) is 5.75 Å². The van der Waals surface area contributed by atoms with Crippen LogP contribution in [0.2, 0.25) is 0 Å². The van der Waals surface area contributed by atoms with Gasteiger partial charge in [0.2, 0.25) is 0 Å². The normalized spacial score (nSPS) is 12.8. The standard InChI is InChI=1S/C16H13N3O/c20-13-6-3-5-12(10-13)15-17-16-14-7-2-1-4-11(14)8-9-19(16)18-15/h1-7,10,20H,8-9H2. The van der Waals surface area contributed by atoms with Crippen molar-refractivity contribution in [2.24, 2.45) is 0 Å². The number of benzene rings is 2. The molecule has 3 aromatic rings. The minimum atomic E-state index is 0.232. The number of hydrogen-bond acceptors (Lipinski definition) is 3. The van der Waals surface area contributed by atoms with E-state index in [0.717, 1.165) is 29.9 Å². The molecule has 4 rings (SSSR count). The second-order valence-electron chi connectivity index (χ2n) is 4.94. The first-order valence-electron chi connectivity index (χ1n) is 6.64. The molecular weight excluding hydrogens is 250 g/mol. The molecule has 1 aliphatic rings. The van der Waals surface area contributed by atoms with Crippen LogP contribution in [-0.2, 0) is 13.0 Å². The fourth-order valence-electron chi connectivity index (χ4n) is 2.65. The Balaban J connectivity index is 1.86. The Morgan fingerprint density at radius 3 is 2.85 bits per heavy atom. The first kappa shape index (κ1) is 11.2. The summed E-state index contributed by atoms with van der Waals surface area (Å²) in [6, 6.07) is 15.4. The summed E-state index contributed by atoms with van der Waals surface area (Å²) < 4.78 is 1.95. The van der Waals surface area contributed by atoms with Crippen LogP contribution in [0.3, 0.4) is 0 Å². The summed E-state index contributed by atoms with van der Waals surface area (Å²) in [6.45, 7) is 0.845. The highest BCUT2D eigenvalue weighted by Crippen LogP contribution is 2.30. The van der Waals surface area contributed by atoms with Gasteiger partial charge in [0.1, 0.15) is 5.75 Å². The van der Waals surface area contributed by atoms with E-state index in [9.17, 15) is 5.11 Å². The average molecular weight is 263 g/mol. The second kappa shape index (κ2) is 4.20. The average Bonchev–Trinajstić information content (AvgIpc) is 2.92. The van der Waals surface area contributed by atoms with Crippen molar-refractivity contribution >= 4 is 0 Å². The molecule has 0 radical (unpaired) electrons. The third-order valence-corrected chi connectivity index (χ3v) is 3.63. The van der Waals surface area contributed by atoms with Gasteiger partial charge in [0.05, 0.1) is 0 Å². The third-order valence-electron chi connectivity index (χ3n) is 3.63. The van der Waals surface area contributed by atoms with E-state index in [1.54, 1.807) is 18.2 Å². The molecule has 20 heavy (non-hydrogen) atoms. The van der Waals surface area contributed by atoms with Gasteiger partial charge in [-0.3, -0.25) is 0 Å². The monoisotopic (exact) mass is 263 g/mol. The highest BCUT2D eigenvalue weighted by Gasteiger charge is 2.20. The number of aromatic nitrogens is 3. The summed E-state index contributed by atoms with van der Waals surface area (Å²) in [4.78, 5) is 4.64. The van der Waals surface area contributed by atoms with Crippen LogP contribution in [0.15, 0.2) is 48.5 Å². The molecule has 0 aliphatic carbocycles. The fourth-order valence-corrected chi connectivity index (χ4v) is 2.65. The van der Waals surface area contributed by atoms with Gasteiger partial charge in [0.15, 0.2) is 11.6 Å². The Morgan fingerprint density at radius 2 is 1.95 bits per heavy atom. The van der Waals surface area contributed by atoms with Crippen LogP contribution < -0.4 is 0 Å². The number of rotatable bonds is 1. The molecule has 2 heterocycles. The zero-order valence-corrected chi connectivity index (χ0v) is 10.8. The first-order chi connectivity index (χ1) is 9.81. The molecule has 0 unspecified atom stereocenters. The Hall–Kier alpha value is -2.62. The summed E-state index contributed by atoms with van der Waals surface area (Å²) in [5.74, 6) is 1.80. The zero-order valence-electron chi connectivity index (χ0n) is 10.8. The van der Waals surface area contributed by atoms with Gasteiger partial charge < -0.3 is 5.11 Å². The molecule has 0 atom stereocenters. The number of phenolic OH excluding ortho intramolecular Hbond substituents is 1. The highest BCUT2D eigenvalue weighted by atomic mass is 16.3. The minimum absolute atomic E-state index is 0.232. The molecule has 1 aromatic heterocycles. The van der Waals surface area contributed by atoms with Crippen molar-refractivity contribution in [2.45, 2.75) is 13.0 Å². The fraction of sp³-hybridized carbons (Fsp3) is 0.125. The van der Waals surface area contributed by atoms with Gasteiger partial charge in [0, 0.05) is 17.7 Å². The maximum absolute atomic E-state index is 9.57. The summed E-state index contributed by atoms with van der Waals surface area (Å²) in [5, 5.41) is 14.1. The Labute approximate surface area is 116 Å². The van der Waals surface area contributed by atoms with Crippen molar-refractivity contribution in [1.29, 1.82) is 0 Å². The van der Waals surface area contributed by atoms with Gasteiger partial charge in [-0.05, 0) is 24.1 Å². The van der Waals surface area contributed by atoms with E-state index >= 15 is 0 Å². The summed E-state index contributed by atoms with van der Waals surface area (Å²) in [7, 11) is 0. The Kier molecular flexibility index (Phi) is 2.36. The molecule has 0 fully saturated rings. The lowest BCUT2D eigenvalue weighted by Crippen LogP contribution is -2.11. The van der Waals surface area contributed by atoms with E-state index in [2.05, 4.69) is 28.3 Å². The van der Waals surface area contributed by atoms with Gasteiger partial charge >= 0.3 is 0 Å². The number of phenols is 1. The predicted molar refractivity (Wildman–Crippen MR) is 76.3 cm³/mol. The number of hydrogen-bond donors (Lipinski definition) is 1. The lowest BCUT2D eigenvalue weighted by molar-refractivity contribution is 0.475. The van der Waals surface area contributed by atoms with Gasteiger partial charge in [-0.25, -0.2) is 9.67 Å². The summed E-state index contributed by atoms with van der Waals surface area (Å²) in [5.41, 5.74) is 3.30. The topological polar surface area (TPSA) is 50.9 Å². The van der Waals surface area contributed by atoms with Crippen molar-refractivity contribution < 1.29 is 5.11 Å². The van der Waals surface area contributed by atoms with Crippen LogP contribution in [0.1, 0.15) is 5.56 Å². The van der Waals surface area contributed by atoms with Gasteiger partial charge in [-0.1, -0.05) is 36.4 Å². The Bertz CT molecular complexity index is 792. The molecule has 4 heteroatoms. The van der Waals surface area contributed by atoms with Crippen LogP contribution in [0, 0.1) is 0 Å². The molecule has 98 valence electrons. The highest BCUT2D eigenvalue weighted by molar-refractivity contribution is 5.66. The van der Waals surface area contributed by atoms with E-state index in [-0.39, 0.29) is 5.75 Å². The van der Waals surface area contributed by atoms with E-state index in [0.29, 0.717) is 5.82 Å². The Morgan fingerprint density at radius 1 is 1.05 bits per heavy atom. The second-order valence-corrected chi connectivity index (χ2v) is 4.94. The van der Waals surface area contributed by atoms with E-state index in [1.165, 1.54) is 5.56 Å². The van der Waals surface area contributed by atoms with E-state index in [1.807, 2.05) is 16.8 Å². The molecule has 0 amide bonds. The first-order valence-corrected chi connectivity index (χ1v) is 6.64. The van der Waals surface area contributed by atoms with Crippen molar-refractivity contribution in [1.82, 2.24) is 14.8 Å². The molecule has 2 aromatic carbocycles. The maximum Gasteiger partial charge on any atom is 0.181 e. The van der Waals surface area contributed by atoms with Crippen molar-refractivity contribution in [3.8, 4) is 28.5 Å². The lowest BCUT2D eigenvalue weighted by atomic mass is 10.0. The van der Waals surface area contributed by atoms with Crippen molar-refractivity contribution in [3.63, 3.8) is 0 Å². The van der Waals surface area contributed by atoms with Crippen molar-refractivity contribution in [2.75, 3.05) is 0 Å². The molecule has 0 saturated heterocycles.